The first-order chi connectivity index (χ1) is 14.0. The number of aromatic nitrogens is 4. The second-order valence-electron chi connectivity index (χ2n) is 8.39. The van der Waals surface area contributed by atoms with E-state index in [1.165, 1.54) is 0 Å². The molecule has 1 N–H and O–H groups in total. The second kappa shape index (κ2) is 8.29. The number of anilines is 1. The predicted octanol–water partition coefficient (Wildman–Crippen LogP) is 3.34. The first kappa shape index (κ1) is 19.5. The van der Waals surface area contributed by atoms with E-state index in [9.17, 15) is 4.79 Å². The molecule has 152 valence electrons. The molecular formula is C22H28N6O. The van der Waals surface area contributed by atoms with Gasteiger partial charge in [-0.15, -0.1) is 10.2 Å². The van der Waals surface area contributed by atoms with E-state index in [1.807, 2.05) is 37.6 Å². The van der Waals surface area contributed by atoms with Crippen molar-refractivity contribution in [2.45, 2.75) is 26.7 Å². The zero-order chi connectivity index (χ0) is 20.4. The number of aryl methyl sites for hydroxylation is 1. The molecule has 1 saturated heterocycles. The summed E-state index contributed by atoms with van der Waals surface area (Å²) in [5.74, 6) is 1.15. The van der Waals surface area contributed by atoms with Gasteiger partial charge >= 0.3 is 0 Å². The van der Waals surface area contributed by atoms with E-state index in [0.29, 0.717) is 11.7 Å². The standard InChI is InChI=1S/C22H28N6O/c1-15(2)12-28-8-4-5-17(14-28)22(29)24-21-10-18-9-16(6-7-20(18)25-26-21)19-11-23-27(3)13-19/h6-7,9-11,13,15,17H,4-5,8,12,14H2,1-3H3,(H,24,26,29). The minimum Gasteiger partial charge on any atom is -0.309 e. The predicted molar refractivity (Wildman–Crippen MR) is 114 cm³/mol. The van der Waals surface area contributed by atoms with Crippen molar-refractivity contribution in [3.05, 3.63) is 36.7 Å². The monoisotopic (exact) mass is 392 g/mol. The highest BCUT2D eigenvalue weighted by Crippen LogP contribution is 2.25. The molecule has 1 amide bonds. The molecule has 1 aliphatic heterocycles. The minimum absolute atomic E-state index is 0.00160. The molecule has 0 aliphatic carbocycles. The molecule has 4 rings (SSSR count). The van der Waals surface area contributed by atoms with E-state index >= 15 is 0 Å². The van der Waals surface area contributed by atoms with Gasteiger partial charge in [0.2, 0.25) is 5.91 Å². The van der Waals surface area contributed by atoms with Crippen molar-refractivity contribution in [1.82, 2.24) is 24.9 Å². The summed E-state index contributed by atoms with van der Waals surface area (Å²) in [5.41, 5.74) is 2.91. The highest BCUT2D eigenvalue weighted by molar-refractivity contribution is 5.94. The largest absolute Gasteiger partial charge is 0.309 e. The van der Waals surface area contributed by atoms with E-state index < -0.39 is 0 Å². The number of amides is 1. The van der Waals surface area contributed by atoms with E-state index in [4.69, 9.17) is 0 Å². The Morgan fingerprint density at radius 3 is 2.86 bits per heavy atom. The molecule has 7 heteroatoms. The van der Waals surface area contributed by atoms with E-state index in [-0.39, 0.29) is 11.8 Å². The topological polar surface area (TPSA) is 75.9 Å². The van der Waals surface area contributed by atoms with Gasteiger partial charge in [-0.05, 0) is 49.1 Å². The molecule has 3 heterocycles. The van der Waals surface area contributed by atoms with Gasteiger partial charge in [-0.3, -0.25) is 9.48 Å². The number of hydrogen-bond acceptors (Lipinski definition) is 5. The maximum Gasteiger partial charge on any atom is 0.229 e. The van der Waals surface area contributed by atoms with Crippen molar-refractivity contribution < 1.29 is 4.79 Å². The lowest BCUT2D eigenvalue weighted by molar-refractivity contribution is -0.121. The Morgan fingerprint density at radius 1 is 1.24 bits per heavy atom. The van der Waals surface area contributed by atoms with Crippen LogP contribution in [0.3, 0.4) is 0 Å². The fraction of sp³-hybridized carbons (Fsp3) is 0.455. The van der Waals surface area contributed by atoms with Crippen molar-refractivity contribution >= 4 is 22.6 Å². The van der Waals surface area contributed by atoms with Gasteiger partial charge in [-0.2, -0.15) is 5.10 Å². The molecule has 0 saturated carbocycles. The third-order valence-corrected chi connectivity index (χ3v) is 5.37. The summed E-state index contributed by atoms with van der Waals surface area (Å²) in [6, 6.07) is 7.91. The molecule has 1 aromatic carbocycles. The van der Waals surface area contributed by atoms with Crippen LogP contribution in [0.2, 0.25) is 0 Å². The van der Waals surface area contributed by atoms with E-state index in [2.05, 4.69) is 45.4 Å². The van der Waals surface area contributed by atoms with Gasteiger partial charge in [0.05, 0.1) is 17.6 Å². The number of nitrogens with zero attached hydrogens (tertiary/aromatic N) is 5. The fourth-order valence-corrected chi connectivity index (χ4v) is 4.04. The number of fused-ring (bicyclic) bond motifs is 1. The smallest absolute Gasteiger partial charge is 0.229 e. The fourth-order valence-electron chi connectivity index (χ4n) is 4.04. The summed E-state index contributed by atoms with van der Waals surface area (Å²) < 4.78 is 1.78. The Kier molecular flexibility index (Phi) is 5.58. The van der Waals surface area contributed by atoms with Crippen LogP contribution >= 0.6 is 0 Å². The SMILES string of the molecule is CC(C)CN1CCCC(C(=O)Nc2cc3cc(-c4cnn(C)c4)ccc3nn2)C1. The number of carbonyl (C=O) groups excluding carboxylic acids is 1. The molecule has 0 spiro atoms. The van der Waals surface area contributed by atoms with Crippen molar-refractivity contribution in [2.24, 2.45) is 18.9 Å². The zero-order valence-corrected chi connectivity index (χ0v) is 17.3. The quantitative estimate of drug-likeness (QED) is 0.721. The van der Waals surface area contributed by atoms with Crippen LogP contribution in [0.5, 0.6) is 0 Å². The number of hydrogen-bond donors (Lipinski definition) is 1. The lowest BCUT2D eigenvalue weighted by atomic mass is 9.96. The molecule has 7 nitrogen and oxygen atoms in total. The second-order valence-corrected chi connectivity index (χ2v) is 8.39. The van der Waals surface area contributed by atoms with Gasteiger partial charge in [0, 0.05) is 37.3 Å². The van der Waals surface area contributed by atoms with Crippen molar-refractivity contribution in [3.8, 4) is 11.1 Å². The number of rotatable bonds is 5. The van der Waals surface area contributed by atoms with Crippen LogP contribution in [0.25, 0.3) is 22.0 Å². The summed E-state index contributed by atoms with van der Waals surface area (Å²) in [5, 5.41) is 16.6. The number of likely N-dealkylation sites (tertiary alicyclic amines) is 1. The highest BCUT2D eigenvalue weighted by atomic mass is 16.2. The van der Waals surface area contributed by atoms with Gasteiger partial charge in [-0.25, -0.2) is 0 Å². The van der Waals surface area contributed by atoms with Crippen LogP contribution in [0.1, 0.15) is 26.7 Å². The van der Waals surface area contributed by atoms with Gasteiger partial charge in [-0.1, -0.05) is 19.9 Å². The lowest BCUT2D eigenvalue weighted by Gasteiger charge is -2.32. The Morgan fingerprint density at radius 2 is 2.10 bits per heavy atom. The number of carbonyl (C=O) groups is 1. The van der Waals surface area contributed by atoms with E-state index in [1.54, 1.807) is 4.68 Å². The molecule has 1 aliphatic rings. The molecule has 1 unspecified atom stereocenters. The molecular weight excluding hydrogens is 364 g/mol. The van der Waals surface area contributed by atoms with Crippen molar-refractivity contribution in [1.29, 1.82) is 0 Å². The average molecular weight is 393 g/mol. The number of nitrogens with one attached hydrogen (secondary N) is 1. The molecule has 0 radical (unpaired) electrons. The minimum atomic E-state index is 0.00160. The Labute approximate surface area is 171 Å². The Balaban J connectivity index is 1.49. The van der Waals surface area contributed by atoms with Crippen molar-refractivity contribution in [2.75, 3.05) is 25.0 Å². The van der Waals surface area contributed by atoms with E-state index in [0.717, 1.165) is 54.5 Å². The normalized spacial score (nSPS) is 17.7. The first-order valence-corrected chi connectivity index (χ1v) is 10.3. The van der Waals surface area contributed by atoms with Gasteiger partial charge in [0.1, 0.15) is 0 Å². The summed E-state index contributed by atoms with van der Waals surface area (Å²) in [4.78, 5) is 15.2. The molecule has 29 heavy (non-hydrogen) atoms. The van der Waals surface area contributed by atoms with Gasteiger partial charge < -0.3 is 10.2 Å². The molecule has 1 atom stereocenters. The summed E-state index contributed by atoms with van der Waals surface area (Å²) >= 11 is 0. The summed E-state index contributed by atoms with van der Waals surface area (Å²) in [7, 11) is 1.90. The van der Waals surface area contributed by atoms with Crippen molar-refractivity contribution in [3.63, 3.8) is 0 Å². The third-order valence-electron chi connectivity index (χ3n) is 5.37. The van der Waals surface area contributed by atoms with Crippen LogP contribution in [-0.4, -0.2) is 50.4 Å². The Hall–Kier alpha value is -2.80. The van der Waals surface area contributed by atoms with Gasteiger partial charge in [0.15, 0.2) is 5.82 Å². The maximum atomic E-state index is 12.8. The number of piperidine rings is 1. The first-order valence-electron chi connectivity index (χ1n) is 10.3. The van der Waals surface area contributed by atoms with Crippen LogP contribution in [0.15, 0.2) is 36.7 Å². The van der Waals surface area contributed by atoms with Crippen LogP contribution in [0.4, 0.5) is 5.82 Å². The van der Waals surface area contributed by atoms with Crippen LogP contribution < -0.4 is 5.32 Å². The third kappa shape index (κ3) is 4.62. The Bertz CT molecular complexity index is 1010. The maximum absolute atomic E-state index is 12.8. The molecule has 1 fully saturated rings. The van der Waals surface area contributed by atoms with Gasteiger partial charge in [0.25, 0.3) is 0 Å². The van der Waals surface area contributed by atoms with Crippen LogP contribution in [-0.2, 0) is 11.8 Å². The number of benzene rings is 1. The average Bonchev–Trinajstić information content (AvgIpc) is 3.13. The molecule has 2 aromatic heterocycles. The molecule has 0 bridgehead atoms. The zero-order valence-electron chi connectivity index (χ0n) is 17.3. The van der Waals surface area contributed by atoms with Crippen LogP contribution in [0, 0.1) is 11.8 Å². The summed E-state index contributed by atoms with van der Waals surface area (Å²) in [6.45, 7) is 7.37. The molecule has 3 aromatic rings. The lowest BCUT2D eigenvalue weighted by Crippen LogP contribution is -2.42. The highest BCUT2D eigenvalue weighted by Gasteiger charge is 2.26. The summed E-state index contributed by atoms with van der Waals surface area (Å²) in [6.07, 6.45) is 5.80.